The van der Waals surface area contributed by atoms with Gasteiger partial charge in [0.15, 0.2) is 0 Å². The molecule has 0 N–H and O–H groups in total. The molecule has 0 fully saturated rings. The monoisotopic (exact) mass is 244 g/mol. The number of rotatable bonds is 4. The first-order valence-electron chi connectivity index (χ1n) is 5.69. The van der Waals surface area contributed by atoms with Gasteiger partial charge in [-0.1, -0.05) is 6.07 Å². The normalized spacial score (nSPS) is 9.94. The Labute approximate surface area is 107 Å². The van der Waals surface area contributed by atoms with E-state index in [4.69, 9.17) is 14.2 Å². The van der Waals surface area contributed by atoms with Crippen LogP contribution in [0.2, 0.25) is 0 Å². The van der Waals surface area contributed by atoms with Gasteiger partial charge in [-0.15, -0.1) is 0 Å². The number of ether oxygens (including phenoxy) is 3. The Morgan fingerprint density at radius 3 is 1.89 bits per heavy atom. The Bertz CT molecular complexity index is 518. The Balaban J connectivity index is 2.21. The molecule has 0 aliphatic carbocycles. The van der Waals surface area contributed by atoms with Gasteiger partial charge in [0.05, 0.1) is 14.2 Å². The van der Waals surface area contributed by atoms with Crippen molar-refractivity contribution in [2.75, 3.05) is 14.2 Å². The van der Waals surface area contributed by atoms with Crippen molar-refractivity contribution in [3.63, 3.8) is 0 Å². The largest absolute Gasteiger partial charge is 0.497 e. The van der Waals surface area contributed by atoms with Crippen molar-refractivity contribution >= 4 is 0 Å². The van der Waals surface area contributed by atoms with E-state index in [9.17, 15) is 0 Å². The Morgan fingerprint density at radius 2 is 1.28 bits per heavy atom. The maximum absolute atomic E-state index is 5.82. The highest BCUT2D eigenvalue weighted by Crippen LogP contribution is 2.29. The first kappa shape index (κ1) is 12.3. The lowest BCUT2D eigenvalue weighted by Crippen LogP contribution is -1.90. The van der Waals surface area contributed by atoms with Gasteiger partial charge < -0.3 is 14.2 Å². The maximum atomic E-state index is 5.82. The second-order valence-corrected chi connectivity index (χ2v) is 3.91. The molecule has 0 radical (unpaired) electrons. The van der Waals surface area contributed by atoms with Gasteiger partial charge in [-0.25, -0.2) is 0 Å². The van der Waals surface area contributed by atoms with Crippen LogP contribution < -0.4 is 14.2 Å². The molecule has 3 nitrogen and oxygen atoms in total. The molecule has 0 saturated carbocycles. The summed E-state index contributed by atoms with van der Waals surface area (Å²) in [6.07, 6.45) is 0. The van der Waals surface area contributed by atoms with E-state index in [0.717, 1.165) is 28.6 Å². The molecular formula is C15H16O3. The van der Waals surface area contributed by atoms with E-state index in [1.54, 1.807) is 14.2 Å². The van der Waals surface area contributed by atoms with Gasteiger partial charge in [-0.2, -0.15) is 0 Å². The number of hydrogen-bond acceptors (Lipinski definition) is 3. The molecule has 2 rings (SSSR count). The predicted octanol–water partition coefficient (Wildman–Crippen LogP) is 3.80. The van der Waals surface area contributed by atoms with E-state index in [0.29, 0.717) is 0 Å². The fourth-order valence-corrected chi connectivity index (χ4v) is 1.59. The smallest absolute Gasteiger partial charge is 0.134 e. The molecular weight excluding hydrogens is 228 g/mol. The lowest BCUT2D eigenvalue weighted by atomic mass is 10.2. The average molecular weight is 244 g/mol. The van der Waals surface area contributed by atoms with Crippen LogP contribution in [0.15, 0.2) is 42.5 Å². The minimum atomic E-state index is 0.771. The minimum Gasteiger partial charge on any atom is -0.497 e. The van der Waals surface area contributed by atoms with Gasteiger partial charge in [0.2, 0.25) is 0 Å². The molecule has 0 spiro atoms. The second kappa shape index (κ2) is 5.45. The molecule has 3 heteroatoms. The van der Waals surface area contributed by atoms with Crippen LogP contribution in [0.4, 0.5) is 0 Å². The standard InChI is InChI=1S/C15H16O3/c1-11-4-5-14(17-3)10-15(11)18-13-8-6-12(16-2)7-9-13/h4-10H,1-3H3. The summed E-state index contributed by atoms with van der Waals surface area (Å²) in [5.74, 6) is 3.15. The summed E-state index contributed by atoms with van der Waals surface area (Å²) in [4.78, 5) is 0. The molecule has 0 aliphatic rings. The fourth-order valence-electron chi connectivity index (χ4n) is 1.59. The van der Waals surface area contributed by atoms with Crippen molar-refractivity contribution in [3.8, 4) is 23.0 Å². The van der Waals surface area contributed by atoms with Crippen LogP contribution in [0.25, 0.3) is 0 Å². The molecule has 0 amide bonds. The summed E-state index contributed by atoms with van der Waals surface area (Å²) >= 11 is 0. The highest BCUT2D eigenvalue weighted by Gasteiger charge is 2.03. The molecule has 0 bridgehead atoms. The molecule has 0 saturated heterocycles. The van der Waals surface area contributed by atoms with Crippen molar-refractivity contribution in [2.45, 2.75) is 6.92 Å². The van der Waals surface area contributed by atoms with Crippen LogP contribution in [0.5, 0.6) is 23.0 Å². The highest BCUT2D eigenvalue weighted by atomic mass is 16.5. The molecule has 0 heterocycles. The SMILES string of the molecule is COc1ccc(Oc2cc(OC)ccc2C)cc1. The van der Waals surface area contributed by atoms with Crippen molar-refractivity contribution in [1.29, 1.82) is 0 Å². The van der Waals surface area contributed by atoms with Crippen LogP contribution in [0, 0.1) is 6.92 Å². The van der Waals surface area contributed by atoms with Gasteiger partial charge in [-0.05, 0) is 42.8 Å². The highest BCUT2D eigenvalue weighted by molar-refractivity contribution is 5.43. The Kier molecular flexibility index (Phi) is 3.72. The zero-order valence-corrected chi connectivity index (χ0v) is 10.8. The lowest BCUT2D eigenvalue weighted by Gasteiger charge is -2.10. The van der Waals surface area contributed by atoms with Crippen LogP contribution >= 0.6 is 0 Å². The van der Waals surface area contributed by atoms with Gasteiger partial charge >= 0.3 is 0 Å². The molecule has 2 aromatic rings. The van der Waals surface area contributed by atoms with Crippen LogP contribution in [-0.2, 0) is 0 Å². The summed E-state index contributed by atoms with van der Waals surface area (Å²) < 4.78 is 16.1. The average Bonchev–Trinajstić information content (AvgIpc) is 2.42. The third-order valence-electron chi connectivity index (χ3n) is 2.68. The van der Waals surface area contributed by atoms with Gasteiger partial charge in [-0.3, -0.25) is 0 Å². The first-order chi connectivity index (χ1) is 8.72. The molecule has 0 atom stereocenters. The number of aryl methyl sites for hydroxylation is 1. The van der Waals surface area contributed by atoms with Crippen LogP contribution in [-0.4, -0.2) is 14.2 Å². The molecule has 0 aliphatic heterocycles. The van der Waals surface area contributed by atoms with Gasteiger partial charge in [0, 0.05) is 6.07 Å². The molecule has 2 aromatic carbocycles. The summed E-state index contributed by atoms with van der Waals surface area (Å²) in [5.41, 5.74) is 1.06. The van der Waals surface area contributed by atoms with Crippen LogP contribution in [0.1, 0.15) is 5.56 Å². The summed E-state index contributed by atoms with van der Waals surface area (Å²) in [5, 5.41) is 0. The lowest BCUT2D eigenvalue weighted by molar-refractivity contribution is 0.406. The zero-order valence-electron chi connectivity index (χ0n) is 10.8. The van der Waals surface area contributed by atoms with E-state index < -0.39 is 0 Å². The number of benzene rings is 2. The number of methoxy groups -OCH3 is 2. The van der Waals surface area contributed by atoms with Crippen molar-refractivity contribution in [2.24, 2.45) is 0 Å². The van der Waals surface area contributed by atoms with E-state index in [2.05, 4.69) is 0 Å². The predicted molar refractivity (Wildman–Crippen MR) is 70.8 cm³/mol. The second-order valence-electron chi connectivity index (χ2n) is 3.91. The van der Waals surface area contributed by atoms with E-state index in [-0.39, 0.29) is 0 Å². The summed E-state index contributed by atoms with van der Waals surface area (Å²) in [7, 11) is 3.28. The molecule has 0 aromatic heterocycles. The third-order valence-corrected chi connectivity index (χ3v) is 2.68. The Hall–Kier alpha value is -2.16. The molecule has 94 valence electrons. The van der Waals surface area contributed by atoms with E-state index >= 15 is 0 Å². The first-order valence-corrected chi connectivity index (χ1v) is 5.69. The summed E-state index contributed by atoms with van der Waals surface area (Å²) in [6, 6.07) is 13.2. The molecule has 0 unspecified atom stereocenters. The quantitative estimate of drug-likeness (QED) is 0.818. The van der Waals surface area contributed by atoms with Crippen molar-refractivity contribution in [1.82, 2.24) is 0 Å². The zero-order chi connectivity index (χ0) is 13.0. The minimum absolute atomic E-state index is 0.771. The van der Waals surface area contributed by atoms with E-state index in [1.807, 2.05) is 49.4 Å². The molecule has 18 heavy (non-hydrogen) atoms. The van der Waals surface area contributed by atoms with Gasteiger partial charge in [0.1, 0.15) is 23.0 Å². The maximum Gasteiger partial charge on any atom is 0.134 e. The van der Waals surface area contributed by atoms with Crippen molar-refractivity contribution in [3.05, 3.63) is 48.0 Å². The van der Waals surface area contributed by atoms with E-state index in [1.165, 1.54) is 0 Å². The third kappa shape index (κ3) is 2.74. The van der Waals surface area contributed by atoms with Gasteiger partial charge in [0.25, 0.3) is 0 Å². The summed E-state index contributed by atoms with van der Waals surface area (Å²) in [6.45, 7) is 2.00. The topological polar surface area (TPSA) is 27.7 Å². The fraction of sp³-hybridized carbons (Fsp3) is 0.200. The van der Waals surface area contributed by atoms with Crippen LogP contribution in [0.3, 0.4) is 0 Å². The number of hydrogen-bond donors (Lipinski definition) is 0. The van der Waals surface area contributed by atoms with Crippen molar-refractivity contribution < 1.29 is 14.2 Å². The Morgan fingerprint density at radius 1 is 0.722 bits per heavy atom.